The number of hydrogen-bond donors (Lipinski definition) is 2. The summed E-state index contributed by atoms with van der Waals surface area (Å²) in [5, 5.41) is 9.14. The summed E-state index contributed by atoms with van der Waals surface area (Å²) < 4.78 is 0. The molecule has 0 aliphatic rings. The normalized spacial score (nSPS) is 10.8. The van der Waals surface area contributed by atoms with Crippen LogP contribution in [0.1, 0.15) is 11.3 Å². The highest BCUT2D eigenvalue weighted by Gasteiger charge is 1.96. The standard InChI is InChI=1S/C15H16N2O2/c1-17(2)13-7-4-11(5-8-13)3-6-12-9-14(18)15(19)10-16-12/h3-10,19H,1-2H3,(H,16,18)/b6-3+. The number of rotatable bonds is 3. The summed E-state index contributed by atoms with van der Waals surface area (Å²) >= 11 is 0. The van der Waals surface area contributed by atoms with Crippen LogP contribution in [-0.2, 0) is 0 Å². The van der Waals surface area contributed by atoms with Crippen molar-refractivity contribution in [3.05, 3.63) is 58.0 Å². The van der Waals surface area contributed by atoms with Gasteiger partial charge in [-0.15, -0.1) is 0 Å². The number of aromatic amines is 1. The minimum Gasteiger partial charge on any atom is -0.503 e. The maximum Gasteiger partial charge on any atom is 0.223 e. The van der Waals surface area contributed by atoms with Crippen LogP contribution in [0.25, 0.3) is 12.2 Å². The van der Waals surface area contributed by atoms with E-state index in [4.69, 9.17) is 5.11 Å². The van der Waals surface area contributed by atoms with E-state index in [1.54, 1.807) is 6.08 Å². The molecule has 0 fully saturated rings. The minimum absolute atomic E-state index is 0.271. The van der Waals surface area contributed by atoms with E-state index < -0.39 is 0 Å². The number of hydrogen-bond acceptors (Lipinski definition) is 3. The van der Waals surface area contributed by atoms with Gasteiger partial charge in [0.2, 0.25) is 5.43 Å². The van der Waals surface area contributed by atoms with Gasteiger partial charge in [0.25, 0.3) is 0 Å². The summed E-state index contributed by atoms with van der Waals surface area (Å²) in [6.07, 6.45) is 4.99. The molecule has 0 aliphatic heterocycles. The number of aromatic hydroxyl groups is 1. The summed E-state index contributed by atoms with van der Waals surface area (Å²) in [5.41, 5.74) is 2.44. The van der Waals surface area contributed by atoms with Gasteiger partial charge in [-0.25, -0.2) is 0 Å². The molecule has 2 N–H and O–H groups in total. The van der Waals surface area contributed by atoms with Crippen LogP contribution in [0.3, 0.4) is 0 Å². The largest absolute Gasteiger partial charge is 0.503 e. The van der Waals surface area contributed by atoms with Gasteiger partial charge in [0.05, 0.1) is 0 Å². The molecule has 4 heteroatoms. The fraction of sp³-hybridized carbons (Fsp3) is 0.133. The van der Waals surface area contributed by atoms with Crippen molar-refractivity contribution in [3.8, 4) is 5.75 Å². The minimum atomic E-state index is -0.388. The number of nitrogens with one attached hydrogen (secondary N) is 1. The topological polar surface area (TPSA) is 56.3 Å². The fourth-order valence-corrected chi connectivity index (χ4v) is 1.65. The Bertz CT molecular complexity index is 640. The van der Waals surface area contributed by atoms with Crippen molar-refractivity contribution in [2.45, 2.75) is 0 Å². The second kappa shape index (κ2) is 5.44. The Morgan fingerprint density at radius 1 is 1.16 bits per heavy atom. The molecule has 1 aromatic heterocycles. The molecule has 0 spiro atoms. The highest BCUT2D eigenvalue weighted by Crippen LogP contribution is 2.14. The van der Waals surface area contributed by atoms with E-state index in [-0.39, 0.29) is 11.2 Å². The van der Waals surface area contributed by atoms with Crippen LogP contribution in [0.5, 0.6) is 5.75 Å². The van der Waals surface area contributed by atoms with Crippen molar-refractivity contribution in [1.82, 2.24) is 4.98 Å². The lowest BCUT2D eigenvalue weighted by atomic mass is 10.1. The highest BCUT2D eigenvalue weighted by molar-refractivity contribution is 5.69. The maximum atomic E-state index is 11.3. The summed E-state index contributed by atoms with van der Waals surface area (Å²) in [7, 11) is 3.98. The van der Waals surface area contributed by atoms with Gasteiger partial charge in [-0.2, -0.15) is 0 Å². The monoisotopic (exact) mass is 256 g/mol. The number of pyridine rings is 1. The predicted octanol–water partition coefficient (Wildman–Crippen LogP) is 2.32. The van der Waals surface area contributed by atoms with Gasteiger partial charge < -0.3 is 15.0 Å². The molecule has 0 aliphatic carbocycles. The molecule has 0 bridgehead atoms. The molecule has 19 heavy (non-hydrogen) atoms. The summed E-state index contributed by atoms with van der Waals surface area (Å²) in [6, 6.07) is 9.42. The van der Waals surface area contributed by atoms with Crippen LogP contribution < -0.4 is 10.3 Å². The quantitative estimate of drug-likeness (QED) is 0.886. The number of aromatic nitrogens is 1. The van der Waals surface area contributed by atoms with Crippen LogP contribution >= 0.6 is 0 Å². The zero-order chi connectivity index (χ0) is 13.8. The van der Waals surface area contributed by atoms with Crippen LogP contribution in [-0.4, -0.2) is 24.2 Å². The first-order valence-corrected chi connectivity index (χ1v) is 5.93. The molecule has 0 saturated carbocycles. The average molecular weight is 256 g/mol. The molecule has 1 heterocycles. The number of anilines is 1. The molecule has 0 amide bonds. The van der Waals surface area contributed by atoms with Crippen molar-refractivity contribution < 1.29 is 5.11 Å². The first kappa shape index (κ1) is 13.0. The third-order valence-electron chi connectivity index (χ3n) is 2.78. The van der Waals surface area contributed by atoms with Crippen LogP contribution in [0.4, 0.5) is 5.69 Å². The van der Waals surface area contributed by atoms with E-state index in [0.717, 1.165) is 11.3 Å². The van der Waals surface area contributed by atoms with E-state index in [1.165, 1.54) is 12.3 Å². The SMILES string of the molecule is CN(C)c1ccc(/C=C/c2cc(=O)c(O)c[nH]2)cc1. The van der Waals surface area contributed by atoms with Gasteiger partial charge in [0, 0.05) is 37.7 Å². The molecule has 2 rings (SSSR count). The lowest BCUT2D eigenvalue weighted by Gasteiger charge is -2.11. The van der Waals surface area contributed by atoms with E-state index >= 15 is 0 Å². The Kier molecular flexibility index (Phi) is 3.71. The van der Waals surface area contributed by atoms with Crippen molar-refractivity contribution in [1.29, 1.82) is 0 Å². The Labute approximate surface area is 111 Å². The van der Waals surface area contributed by atoms with Crippen molar-refractivity contribution >= 4 is 17.8 Å². The first-order valence-electron chi connectivity index (χ1n) is 5.93. The maximum absolute atomic E-state index is 11.3. The Morgan fingerprint density at radius 2 is 1.84 bits per heavy atom. The Balaban J connectivity index is 2.18. The predicted molar refractivity (Wildman–Crippen MR) is 78.4 cm³/mol. The van der Waals surface area contributed by atoms with Crippen molar-refractivity contribution in [2.75, 3.05) is 19.0 Å². The van der Waals surface area contributed by atoms with Crippen molar-refractivity contribution in [2.24, 2.45) is 0 Å². The number of H-pyrrole nitrogens is 1. The van der Waals surface area contributed by atoms with Crippen LogP contribution in [0.15, 0.2) is 41.3 Å². The summed E-state index contributed by atoms with van der Waals surface area (Å²) in [6.45, 7) is 0. The lowest BCUT2D eigenvalue weighted by Crippen LogP contribution is -2.07. The number of benzene rings is 1. The van der Waals surface area contributed by atoms with E-state index in [0.29, 0.717) is 5.69 Å². The average Bonchev–Trinajstić information content (AvgIpc) is 2.40. The van der Waals surface area contributed by atoms with Gasteiger partial charge in [0.15, 0.2) is 5.75 Å². The van der Waals surface area contributed by atoms with Gasteiger partial charge in [0.1, 0.15) is 0 Å². The zero-order valence-corrected chi connectivity index (χ0v) is 10.9. The summed E-state index contributed by atoms with van der Waals surface area (Å²) in [5.74, 6) is -0.271. The molecule has 0 saturated heterocycles. The van der Waals surface area contributed by atoms with Gasteiger partial charge in [-0.05, 0) is 23.8 Å². The molecule has 0 radical (unpaired) electrons. The van der Waals surface area contributed by atoms with Crippen molar-refractivity contribution in [3.63, 3.8) is 0 Å². The second-order valence-corrected chi connectivity index (χ2v) is 4.46. The third kappa shape index (κ3) is 3.25. The van der Waals surface area contributed by atoms with Crippen LogP contribution in [0.2, 0.25) is 0 Å². The van der Waals surface area contributed by atoms with E-state index in [9.17, 15) is 4.79 Å². The second-order valence-electron chi connectivity index (χ2n) is 4.46. The summed E-state index contributed by atoms with van der Waals surface area (Å²) in [4.78, 5) is 16.1. The van der Waals surface area contributed by atoms with E-state index in [2.05, 4.69) is 4.98 Å². The molecule has 0 atom stereocenters. The third-order valence-corrected chi connectivity index (χ3v) is 2.78. The van der Waals surface area contributed by atoms with Gasteiger partial charge >= 0.3 is 0 Å². The smallest absolute Gasteiger partial charge is 0.223 e. The highest BCUT2D eigenvalue weighted by atomic mass is 16.3. The first-order chi connectivity index (χ1) is 9.06. The molecule has 4 nitrogen and oxygen atoms in total. The Morgan fingerprint density at radius 3 is 2.42 bits per heavy atom. The van der Waals surface area contributed by atoms with Crippen LogP contribution in [0, 0.1) is 0 Å². The molecular weight excluding hydrogens is 240 g/mol. The molecule has 2 aromatic rings. The van der Waals surface area contributed by atoms with E-state index in [1.807, 2.05) is 49.3 Å². The number of nitrogens with zero attached hydrogens (tertiary/aromatic N) is 1. The molecule has 1 aromatic carbocycles. The molecule has 0 unspecified atom stereocenters. The zero-order valence-electron chi connectivity index (χ0n) is 10.9. The van der Waals surface area contributed by atoms with Gasteiger partial charge in [-0.1, -0.05) is 18.2 Å². The Hall–Kier alpha value is -2.49. The fourth-order valence-electron chi connectivity index (χ4n) is 1.65. The lowest BCUT2D eigenvalue weighted by molar-refractivity contribution is 0.467. The molecular formula is C15H16N2O2. The van der Waals surface area contributed by atoms with Gasteiger partial charge in [-0.3, -0.25) is 4.79 Å². The molecule has 98 valence electrons.